The van der Waals surface area contributed by atoms with E-state index >= 15 is 0 Å². The van der Waals surface area contributed by atoms with Crippen LogP contribution in [0.1, 0.15) is 32.7 Å². The molecule has 1 aliphatic heterocycles. The summed E-state index contributed by atoms with van der Waals surface area (Å²) in [6, 6.07) is 16.6. The maximum atomic E-state index is 12.8. The van der Waals surface area contributed by atoms with Crippen LogP contribution < -0.4 is 5.32 Å². The highest BCUT2D eigenvalue weighted by atomic mass is 16.4. The minimum Gasteiger partial charge on any atom is -0.478 e. The zero-order valence-corrected chi connectivity index (χ0v) is 16.4. The highest BCUT2D eigenvalue weighted by Gasteiger charge is 2.28. The molecule has 7 heteroatoms. The molecule has 1 saturated heterocycles. The lowest BCUT2D eigenvalue weighted by molar-refractivity contribution is 0.0694. The van der Waals surface area contributed by atoms with Crippen molar-refractivity contribution in [3.05, 3.63) is 83.7 Å². The molecule has 1 aliphatic rings. The minimum absolute atomic E-state index is 0.102. The van der Waals surface area contributed by atoms with Gasteiger partial charge in [-0.25, -0.2) is 14.8 Å². The highest BCUT2D eigenvalue weighted by molar-refractivity contribution is 5.94. The van der Waals surface area contributed by atoms with E-state index < -0.39 is 5.97 Å². The summed E-state index contributed by atoms with van der Waals surface area (Å²) >= 11 is 0. The predicted molar refractivity (Wildman–Crippen MR) is 113 cm³/mol. The largest absolute Gasteiger partial charge is 0.478 e. The Morgan fingerprint density at radius 2 is 1.73 bits per heavy atom. The molecule has 2 N–H and O–H groups in total. The number of para-hydroxylation sites is 1. The number of likely N-dealkylation sites (tertiary alicyclic amines) is 1. The van der Waals surface area contributed by atoms with Gasteiger partial charge in [0.05, 0.1) is 11.1 Å². The number of benzene rings is 2. The van der Waals surface area contributed by atoms with Crippen molar-refractivity contribution < 1.29 is 14.7 Å². The predicted octanol–water partition coefficient (Wildman–Crippen LogP) is 3.62. The molecule has 0 radical (unpaired) electrons. The third kappa shape index (κ3) is 4.46. The molecule has 1 fully saturated rings. The Kier molecular flexibility index (Phi) is 5.70. The van der Waals surface area contributed by atoms with E-state index in [9.17, 15) is 14.7 Å². The SMILES string of the molecule is O=C(O)c1ccccc1CC1CCN(C(=O)c2cnc(Nc3ccccc3)nc2)C1. The molecule has 3 aromatic rings. The average molecular weight is 402 g/mol. The standard InChI is InChI=1S/C23H22N4O3/c28-21(18-13-24-23(25-14-18)26-19-7-2-1-3-8-19)27-11-10-16(15-27)12-17-6-4-5-9-20(17)22(29)30/h1-9,13-14,16H,10-12,15H2,(H,29,30)(H,24,25,26). The molecule has 1 amide bonds. The Balaban J connectivity index is 1.37. The molecular formula is C23H22N4O3. The van der Waals surface area contributed by atoms with Crippen molar-refractivity contribution >= 4 is 23.5 Å². The van der Waals surface area contributed by atoms with Gasteiger partial charge in [0.1, 0.15) is 0 Å². The fraction of sp³-hybridized carbons (Fsp3) is 0.217. The number of carboxylic acids is 1. The van der Waals surface area contributed by atoms with Crippen LogP contribution in [0.4, 0.5) is 11.6 Å². The van der Waals surface area contributed by atoms with E-state index in [4.69, 9.17) is 0 Å². The van der Waals surface area contributed by atoms with Gasteiger partial charge in [0, 0.05) is 31.2 Å². The summed E-state index contributed by atoms with van der Waals surface area (Å²) in [7, 11) is 0. The number of aromatic carboxylic acids is 1. The fourth-order valence-electron chi connectivity index (χ4n) is 3.74. The van der Waals surface area contributed by atoms with Gasteiger partial charge in [0.25, 0.3) is 5.91 Å². The molecule has 0 spiro atoms. The molecule has 2 aromatic carbocycles. The lowest BCUT2D eigenvalue weighted by atomic mass is 9.95. The van der Waals surface area contributed by atoms with Gasteiger partial charge in [-0.2, -0.15) is 0 Å². The van der Waals surface area contributed by atoms with Crippen molar-refractivity contribution in [3.8, 4) is 0 Å². The Morgan fingerprint density at radius 1 is 1.03 bits per heavy atom. The minimum atomic E-state index is -0.919. The molecule has 1 atom stereocenters. The number of hydrogen-bond donors (Lipinski definition) is 2. The quantitative estimate of drug-likeness (QED) is 0.654. The zero-order chi connectivity index (χ0) is 20.9. The summed E-state index contributed by atoms with van der Waals surface area (Å²) in [4.78, 5) is 34.5. The number of nitrogens with one attached hydrogen (secondary N) is 1. The number of rotatable bonds is 6. The molecule has 0 saturated carbocycles. The van der Waals surface area contributed by atoms with E-state index in [1.54, 1.807) is 17.0 Å². The summed E-state index contributed by atoms with van der Waals surface area (Å²) in [6.07, 6.45) is 4.55. The fourth-order valence-corrected chi connectivity index (χ4v) is 3.74. The van der Waals surface area contributed by atoms with Gasteiger partial charge in [-0.15, -0.1) is 0 Å². The lowest BCUT2D eigenvalue weighted by Crippen LogP contribution is -2.29. The highest BCUT2D eigenvalue weighted by Crippen LogP contribution is 2.24. The second-order valence-corrected chi connectivity index (χ2v) is 7.36. The van der Waals surface area contributed by atoms with Gasteiger partial charge in [0.15, 0.2) is 0 Å². The first-order chi connectivity index (χ1) is 14.6. The van der Waals surface area contributed by atoms with Crippen molar-refractivity contribution in [2.75, 3.05) is 18.4 Å². The third-order valence-electron chi connectivity index (χ3n) is 5.26. The number of hydrogen-bond acceptors (Lipinski definition) is 5. The Labute approximate surface area is 174 Å². The second kappa shape index (κ2) is 8.73. The van der Waals surface area contributed by atoms with Gasteiger partial charge in [-0.3, -0.25) is 4.79 Å². The van der Waals surface area contributed by atoms with Crippen molar-refractivity contribution in [1.82, 2.24) is 14.9 Å². The van der Waals surface area contributed by atoms with Crippen LogP contribution in [0.15, 0.2) is 67.0 Å². The maximum Gasteiger partial charge on any atom is 0.335 e. The normalized spacial score (nSPS) is 15.7. The summed E-state index contributed by atoms with van der Waals surface area (Å²) in [6.45, 7) is 1.24. The summed E-state index contributed by atoms with van der Waals surface area (Å²) in [5, 5.41) is 12.5. The smallest absolute Gasteiger partial charge is 0.335 e. The van der Waals surface area contributed by atoms with Crippen LogP contribution in [-0.4, -0.2) is 44.9 Å². The van der Waals surface area contributed by atoms with E-state index in [1.165, 1.54) is 12.4 Å². The molecule has 1 unspecified atom stereocenters. The Morgan fingerprint density at radius 3 is 2.47 bits per heavy atom. The Bertz CT molecular complexity index is 1040. The number of nitrogens with zero attached hydrogens (tertiary/aromatic N) is 3. The number of carbonyl (C=O) groups excluding carboxylic acids is 1. The van der Waals surface area contributed by atoms with E-state index in [2.05, 4.69) is 15.3 Å². The molecule has 2 heterocycles. The van der Waals surface area contributed by atoms with Gasteiger partial charge in [0.2, 0.25) is 5.95 Å². The van der Waals surface area contributed by atoms with Crippen molar-refractivity contribution in [2.24, 2.45) is 5.92 Å². The number of amides is 1. The first-order valence-electron chi connectivity index (χ1n) is 9.85. The van der Waals surface area contributed by atoms with Gasteiger partial charge >= 0.3 is 5.97 Å². The monoisotopic (exact) mass is 402 g/mol. The van der Waals surface area contributed by atoms with Crippen LogP contribution in [0, 0.1) is 5.92 Å². The van der Waals surface area contributed by atoms with Crippen molar-refractivity contribution in [1.29, 1.82) is 0 Å². The average Bonchev–Trinajstić information content (AvgIpc) is 3.23. The number of carboxylic acid groups (broad SMARTS) is 1. The van der Waals surface area contributed by atoms with E-state index in [0.29, 0.717) is 36.6 Å². The molecule has 0 bridgehead atoms. The van der Waals surface area contributed by atoms with E-state index in [-0.39, 0.29) is 11.8 Å². The molecule has 4 rings (SSSR count). The van der Waals surface area contributed by atoms with Crippen LogP contribution in [0.2, 0.25) is 0 Å². The zero-order valence-electron chi connectivity index (χ0n) is 16.4. The number of carbonyl (C=O) groups is 2. The second-order valence-electron chi connectivity index (χ2n) is 7.36. The Hall–Kier alpha value is -3.74. The van der Waals surface area contributed by atoms with E-state index in [0.717, 1.165) is 17.7 Å². The van der Waals surface area contributed by atoms with Crippen molar-refractivity contribution in [3.63, 3.8) is 0 Å². The van der Waals surface area contributed by atoms with Crippen LogP contribution in [0.25, 0.3) is 0 Å². The van der Waals surface area contributed by atoms with Crippen LogP contribution in [0.3, 0.4) is 0 Å². The number of anilines is 2. The topological polar surface area (TPSA) is 95.4 Å². The molecular weight excluding hydrogens is 380 g/mol. The van der Waals surface area contributed by atoms with Gasteiger partial charge in [-0.1, -0.05) is 36.4 Å². The maximum absolute atomic E-state index is 12.8. The van der Waals surface area contributed by atoms with Crippen LogP contribution >= 0.6 is 0 Å². The molecule has 152 valence electrons. The van der Waals surface area contributed by atoms with E-state index in [1.807, 2.05) is 42.5 Å². The van der Waals surface area contributed by atoms with Crippen LogP contribution in [0.5, 0.6) is 0 Å². The van der Waals surface area contributed by atoms with Crippen LogP contribution in [-0.2, 0) is 6.42 Å². The molecule has 1 aromatic heterocycles. The summed E-state index contributed by atoms with van der Waals surface area (Å²) in [5.74, 6) is -0.357. The third-order valence-corrected chi connectivity index (χ3v) is 5.26. The summed E-state index contributed by atoms with van der Waals surface area (Å²) < 4.78 is 0. The molecule has 0 aliphatic carbocycles. The number of aromatic nitrogens is 2. The molecule has 30 heavy (non-hydrogen) atoms. The van der Waals surface area contributed by atoms with Crippen molar-refractivity contribution in [2.45, 2.75) is 12.8 Å². The molecule has 7 nitrogen and oxygen atoms in total. The first kappa shape index (κ1) is 19.6. The lowest BCUT2D eigenvalue weighted by Gasteiger charge is -2.17. The first-order valence-corrected chi connectivity index (χ1v) is 9.85. The summed E-state index contributed by atoms with van der Waals surface area (Å²) in [5.41, 5.74) is 2.46. The van der Waals surface area contributed by atoms with Gasteiger partial charge in [-0.05, 0) is 42.5 Å². The van der Waals surface area contributed by atoms with Gasteiger partial charge < -0.3 is 15.3 Å².